The van der Waals surface area contributed by atoms with E-state index in [1.807, 2.05) is 13.0 Å². The number of hydrogen-bond donors (Lipinski definition) is 1. The first kappa shape index (κ1) is 14.5. The third-order valence-electron chi connectivity index (χ3n) is 5.53. The Kier molecular flexibility index (Phi) is 2.46. The summed E-state index contributed by atoms with van der Waals surface area (Å²) in [4.78, 5) is 4.28. The van der Waals surface area contributed by atoms with E-state index in [2.05, 4.69) is 17.1 Å². The molecule has 8 heteroatoms. The molecule has 4 aliphatic rings. The number of nitrogens with zero attached hydrogens (tertiary/aromatic N) is 3. The van der Waals surface area contributed by atoms with Crippen molar-refractivity contribution >= 4 is 5.84 Å². The highest BCUT2D eigenvalue weighted by atomic mass is 16.8. The number of nitrogens with two attached hydrogens (primary N) is 1. The van der Waals surface area contributed by atoms with Gasteiger partial charge in [0.1, 0.15) is 11.3 Å². The van der Waals surface area contributed by atoms with Gasteiger partial charge in [-0.25, -0.2) is 4.99 Å². The van der Waals surface area contributed by atoms with Gasteiger partial charge in [-0.15, -0.1) is 0 Å². The Hall–Kier alpha value is -2.81. The maximum atomic E-state index is 10.1. The van der Waals surface area contributed by atoms with Crippen molar-refractivity contribution < 1.29 is 18.9 Å². The van der Waals surface area contributed by atoms with Crippen LogP contribution in [0, 0.1) is 33.5 Å². The summed E-state index contributed by atoms with van der Waals surface area (Å²) in [6.07, 6.45) is -0.241. The number of fused-ring (bicyclic) bond motifs is 3. The van der Waals surface area contributed by atoms with Gasteiger partial charge in [0.2, 0.25) is 6.79 Å². The Morgan fingerprint density at radius 3 is 2.72 bits per heavy atom. The molecule has 1 aromatic carbocycles. The second-order valence-corrected chi connectivity index (χ2v) is 6.70. The molecule has 3 heterocycles. The normalized spacial score (nSPS) is 42.6. The van der Waals surface area contributed by atoms with Crippen molar-refractivity contribution in [3.8, 4) is 23.6 Å². The average molecular weight is 338 g/mol. The quantitative estimate of drug-likeness (QED) is 0.810. The molecule has 25 heavy (non-hydrogen) atoms. The zero-order valence-corrected chi connectivity index (χ0v) is 13.4. The van der Waals surface area contributed by atoms with Crippen molar-refractivity contribution in [3.05, 3.63) is 23.8 Å². The summed E-state index contributed by atoms with van der Waals surface area (Å²) in [6.45, 7) is 2.26. The summed E-state index contributed by atoms with van der Waals surface area (Å²) < 4.78 is 22.4. The smallest absolute Gasteiger partial charge is 0.293 e. The molecule has 2 fully saturated rings. The van der Waals surface area contributed by atoms with Gasteiger partial charge in [-0.2, -0.15) is 10.5 Å². The summed E-state index contributed by atoms with van der Waals surface area (Å²) in [7, 11) is 0. The molecule has 1 saturated heterocycles. The zero-order chi connectivity index (χ0) is 17.4. The SMILES string of the molecule is C[C@@H]1CO[C@]2(N=C(N)[C@]3(C#N)[C@H](c4ccc5c(c4)OCO5)[C@@]23C#N)O1. The van der Waals surface area contributed by atoms with Gasteiger partial charge in [0.15, 0.2) is 16.9 Å². The zero-order valence-electron chi connectivity index (χ0n) is 13.4. The molecule has 5 rings (SSSR count). The van der Waals surface area contributed by atoms with Gasteiger partial charge in [-0.05, 0) is 24.6 Å². The summed E-state index contributed by atoms with van der Waals surface area (Å²) in [5.41, 5.74) is 4.27. The Morgan fingerprint density at radius 1 is 1.24 bits per heavy atom. The lowest BCUT2D eigenvalue weighted by Crippen LogP contribution is -2.39. The average Bonchev–Trinajstić information content (AvgIpc) is 2.90. The van der Waals surface area contributed by atoms with Crippen LogP contribution in [-0.4, -0.2) is 31.3 Å². The van der Waals surface area contributed by atoms with Gasteiger partial charge in [0.25, 0.3) is 5.91 Å². The highest BCUT2D eigenvalue weighted by Crippen LogP contribution is 2.82. The molecule has 0 bridgehead atoms. The molecule has 3 aliphatic heterocycles. The van der Waals surface area contributed by atoms with Crippen LogP contribution in [0.4, 0.5) is 0 Å². The first-order chi connectivity index (χ1) is 12.0. The van der Waals surface area contributed by atoms with E-state index in [0.29, 0.717) is 11.5 Å². The van der Waals surface area contributed by atoms with Gasteiger partial charge in [-0.1, -0.05) is 6.07 Å². The van der Waals surface area contributed by atoms with Crippen LogP contribution in [0.1, 0.15) is 18.4 Å². The van der Waals surface area contributed by atoms with Crippen molar-refractivity contribution in [1.29, 1.82) is 10.5 Å². The van der Waals surface area contributed by atoms with E-state index < -0.39 is 22.7 Å². The van der Waals surface area contributed by atoms with E-state index in [9.17, 15) is 10.5 Å². The van der Waals surface area contributed by atoms with Crippen LogP contribution < -0.4 is 15.2 Å². The molecule has 0 amide bonds. The third kappa shape index (κ3) is 1.34. The highest BCUT2D eigenvalue weighted by Gasteiger charge is 2.94. The molecule has 1 saturated carbocycles. The summed E-state index contributed by atoms with van der Waals surface area (Å²) >= 11 is 0. The van der Waals surface area contributed by atoms with Crippen LogP contribution in [-0.2, 0) is 9.47 Å². The van der Waals surface area contributed by atoms with Crippen molar-refractivity contribution in [2.45, 2.75) is 24.9 Å². The summed E-state index contributed by atoms with van der Waals surface area (Å²) in [6, 6.07) is 9.85. The lowest BCUT2D eigenvalue weighted by Gasteiger charge is -2.26. The molecule has 0 radical (unpaired) electrons. The molecule has 1 aromatic rings. The minimum atomic E-state index is -1.54. The van der Waals surface area contributed by atoms with E-state index >= 15 is 0 Å². The lowest BCUT2D eigenvalue weighted by molar-refractivity contribution is -0.193. The third-order valence-corrected chi connectivity index (χ3v) is 5.53. The standard InChI is InChI=1S/C17H14N4O4/c1-9-5-24-17(25-9)16(7-19)13(15(16,6-18)14(20)21-17)10-2-3-11-12(4-10)23-8-22-11/h2-4,9,13H,5,8H2,1H3,(H2,20,21)/t9-,13+,15+,16-,17+/m1/s1. The maximum Gasteiger partial charge on any atom is 0.293 e. The number of amidine groups is 1. The monoisotopic (exact) mass is 338 g/mol. The van der Waals surface area contributed by atoms with Gasteiger partial charge >= 0.3 is 0 Å². The Labute approximate surface area is 143 Å². The minimum Gasteiger partial charge on any atom is -0.454 e. The van der Waals surface area contributed by atoms with Gasteiger partial charge in [-0.3, -0.25) is 0 Å². The van der Waals surface area contributed by atoms with Crippen molar-refractivity contribution in [1.82, 2.24) is 0 Å². The lowest BCUT2D eigenvalue weighted by atomic mass is 9.94. The summed E-state index contributed by atoms with van der Waals surface area (Å²) in [5, 5.41) is 20.0. The van der Waals surface area contributed by atoms with E-state index in [0.717, 1.165) is 5.56 Å². The first-order valence-corrected chi connectivity index (χ1v) is 7.94. The molecule has 8 nitrogen and oxygen atoms in total. The largest absolute Gasteiger partial charge is 0.454 e. The maximum absolute atomic E-state index is 10.1. The number of aliphatic imine (C=N–C) groups is 1. The van der Waals surface area contributed by atoms with Gasteiger partial charge in [0.05, 0.1) is 24.8 Å². The summed E-state index contributed by atoms with van der Waals surface area (Å²) in [5.74, 6) is -0.775. The second kappa shape index (κ2) is 4.23. The second-order valence-electron chi connectivity index (χ2n) is 6.70. The van der Waals surface area contributed by atoms with Gasteiger partial charge in [0, 0.05) is 5.92 Å². The van der Waals surface area contributed by atoms with E-state index in [4.69, 9.17) is 24.7 Å². The van der Waals surface area contributed by atoms with Crippen molar-refractivity contribution in [2.24, 2.45) is 21.6 Å². The minimum absolute atomic E-state index is 0.0771. The van der Waals surface area contributed by atoms with Crippen LogP contribution in [0.5, 0.6) is 11.5 Å². The number of benzene rings is 1. The fourth-order valence-electron chi connectivity index (χ4n) is 4.45. The molecule has 0 unspecified atom stereocenters. The fraction of sp³-hybridized carbons (Fsp3) is 0.471. The van der Waals surface area contributed by atoms with Crippen LogP contribution in [0.2, 0.25) is 0 Å². The Bertz CT molecular complexity index is 918. The number of ether oxygens (including phenoxy) is 4. The Morgan fingerprint density at radius 2 is 2.04 bits per heavy atom. The van der Waals surface area contributed by atoms with E-state index in [1.54, 1.807) is 12.1 Å². The number of nitriles is 2. The molecule has 126 valence electrons. The Balaban J connectivity index is 1.68. The topological polar surface area (TPSA) is 123 Å². The van der Waals surface area contributed by atoms with Crippen LogP contribution in [0.3, 0.4) is 0 Å². The molecule has 0 aromatic heterocycles. The van der Waals surface area contributed by atoms with Gasteiger partial charge < -0.3 is 24.7 Å². The predicted octanol–water partition coefficient (Wildman–Crippen LogP) is 0.992. The van der Waals surface area contributed by atoms with Crippen LogP contribution in [0.25, 0.3) is 0 Å². The molecule has 5 atom stereocenters. The molecular weight excluding hydrogens is 324 g/mol. The van der Waals surface area contributed by atoms with E-state index in [-0.39, 0.29) is 25.3 Å². The number of rotatable bonds is 1. The van der Waals surface area contributed by atoms with Crippen LogP contribution in [0.15, 0.2) is 23.2 Å². The van der Waals surface area contributed by atoms with Crippen molar-refractivity contribution in [3.63, 3.8) is 0 Å². The molecule has 1 spiro atoms. The molecule has 2 N–H and O–H groups in total. The molecule has 1 aliphatic carbocycles. The predicted molar refractivity (Wildman–Crippen MR) is 82.3 cm³/mol. The molecular formula is C17H14N4O4. The first-order valence-electron chi connectivity index (χ1n) is 7.94. The fourth-order valence-corrected chi connectivity index (χ4v) is 4.45. The highest BCUT2D eigenvalue weighted by molar-refractivity contribution is 6.00. The van der Waals surface area contributed by atoms with Crippen molar-refractivity contribution in [2.75, 3.05) is 13.4 Å². The number of hydrogen-bond acceptors (Lipinski definition) is 8. The van der Waals surface area contributed by atoms with E-state index in [1.165, 1.54) is 0 Å². The van der Waals surface area contributed by atoms with Crippen LogP contribution >= 0.6 is 0 Å².